The molecule has 0 spiro atoms. The Hall–Kier alpha value is -7.84. The van der Waals surface area contributed by atoms with E-state index in [0.717, 1.165) is 42.5 Å². The summed E-state index contributed by atoms with van der Waals surface area (Å²) < 4.78 is 12.5. The first-order valence-corrected chi connectivity index (χ1v) is 19.3. The largest absolute Gasteiger partial charge is 0.457 e. The molecule has 0 atom stereocenters. The maximum absolute atomic E-state index is 12.6. The number of nitrogens with zero attached hydrogens (tertiary/aromatic N) is 2. The Labute approximate surface area is 338 Å². The van der Waals surface area contributed by atoms with Crippen molar-refractivity contribution in [2.24, 2.45) is 0 Å². The molecule has 8 aromatic carbocycles. The lowest BCUT2D eigenvalue weighted by molar-refractivity contribution is 0.0677. The molecule has 0 N–H and O–H groups in total. The van der Waals surface area contributed by atoms with Crippen molar-refractivity contribution in [1.82, 2.24) is 9.80 Å². The molecule has 0 saturated heterocycles. The third kappa shape index (κ3) is 5.02. The topological polar surface area (TPSA) is 93.2 Å². The molecule has 2 heterocycles. The van der Waals surface area contributed by atoms with Gasteiger partial charge in [0.25, 0.3) is 23.6 Å². The van der Waals surface area contributed by atoms with Gasteiger partial charge in [0.2, 0.25) is 0 Å². The van der Waals surface area contributed by atoms with Crippen molar-refractivity contribution < 1.29 is 28.7 Å². The minimum absolute atomic E-state index is 0.313. The SMILES string of the molecule is CN1C(=O)c2ccc(Oc3ccc4cc(C5(c6ccc7cc(Oc8ccc9c(c8)C(=O)N(C)C9=O)ccc7c6)c6ccccc6-c6ccccc65)ccc4c3)cc2C1=O. The van der Waals surface area contributed by atoms with Crippen LogP contribution < -0.4 is 9.47 Å². The summed E-state index contributed by atoms with van der Waals surface area (Å²) in [5, 5.41) is 4.06. The zero-order chi connectivity index (χ0) is 40.2. The van der Waals surface area contributed by atoms with Crippen LogP contribution in [0.5, 0.6) is 23.0 Å². The fourth-order valence-electron chi connectivity index (χ4n) is 9.14. The summed E-state index contributed by atoms with van der Waals surface area (Å²) in [5.41, 5.74) is 7.83. The van der Waals surface area contributed by atoms with Crippen molar-refractivity contribution in [1.29, 1.82) is 0 Å². The van der Waals surface area contributed by atoms with E-state index < -0.39 is 5.41 Å². The molecule has 1 aliphatic carbocycles. The Bertz CT molecular complexity index is 2990. The summed E-state index contributed by atoms with van der Waals surface area (Å²) in [6.07, 6.45) is 0. The van der Waals surface area contributed by atoms with Crippen LogP contribution in [0.3, 0.4) is 0 Å². The standard InChI is InChI=1S/C51H32N2O6/c1-52-47(54)41-21-19-37(27-43(41)49(52)56)58-35-17-13-29-23-33(15-11-31(29)25-35)51(45-9-5-3-7-39(45)40-8-4-6-10-46(40)51)34-16-12-32-26-36(18-14-30(32)24-34)59-38-20-22-42-44(28-38)50(57)53(2)48(42)55/h3-28H,1-2H3. The Kier molecular flexibility index (Phi) is 7.34. The quantitative estimate of drug-likeness (QED) is 0.156. The third-order valence-electron chi connectivity index (χ3n) is 12.0. The molecule has 8 nitrogen and oxygen atoms in total. The normalized spacial score (nSPS) is 14.8. The molecular formula is C51H32N2O6. The first-order chi connectivity index (χ1) is 28.7. The van der Waals surface area contributed by atoms with E-state index in [1.807, 2.05) is 24.3 Å². The number of hydrogen-bond donors (Lipinski definition) is 0. The summed E-state index contributed by atoms with van der Waals surface area (Å²) in [6.45, 7) is 0. The van der Waals surface area contributed by atoms with Gasteiger partial charge in [-0.15, -0.1) is 0 Å². The van der Waals surface area contributed by atoms with Crippen molar-refractivity contribution in [2.75, 3.05) is 14.1 Å². The zero-order valence-corrected chi connectivity index (χ0v) is 31.9. The van der Waals surface area contributed by atoms with E-state index in [2.05, 4.69) is 97.1 Å². The molecule has 8 aromatic rings. The Morgan fingerprint density at radius 1 is 0.356 bits per heavy atom. The van der Waals surface area contributed by atoms with Crippen LogP contribution in [0, 0.1) is 0 Å². The van der Waals surface area contributed by atoms with E-state index in [1.165, 1.54) is 36.3 Å². The minimum atomic E-state index is -0.636. The second kappa shape index (κ2) is 12.6. The number of carbonyl (C=O) groups is 4. The molecule has 0 saturated carbocycles. The zero-order valence-electron chi connectivity index (χ0n) is 31.9. The minimum Gasteiger partial charge on any atom is -0.457 e. The number of imide groups is 2. The van der Waals surface area contributed by atoms with E-state index in [1.54, 1.807) is 36.4 Å². The van der Waals surface area contributed by atoms with Gasteiger partial charge in [0, 0.05) is 14.1 Å². The number of amides is 4. The van der Waals surface area contributed by atoms with Crippen LogP contribution in [0.1, 0.15) is 63.7 Å². The number of carbonyl (C=O) groups excluding carboxylic acids is 4. The summed E-state index contributed by atoms with van der Waals surface area (Å²) in [6, 6.07) is 52.4. The lowest BCUT2D eigenvalue weighted by Gasteiger charge is -2.34. The fourth-order valence-corrected chi connectivity index (χ4v) is 9.14. The number of fused-ring (bicyclic) bond motifs is 7. The van der Waals surface area contributed by atoms with E-state index in [0.29, 0.717) is 45.3 Å². The van der Waals surface area contributed by atoms with Gasteiger partial charge in [-0.2, -0.15) is 0 Å². The molecule has 0 aromatic heterocycles. The lowest BCUT2D eigenvalue weighted by Crippen LogP contribution is -2.28. The number of ether oxygens (including phenoxy) is 2. The van der Waals surface area contributed by atoms with Gasteiger partial charge in [-0.25, -0.2) is 0 Å². The molecular weight excluding hydrogens is 737 g/mol. The maximum atomic E-state index is 12.6. The molecule has 11 rings (SSSR count). The van der Waals surface area contributed by atoms with Gasteiger partial charge in [-0.05, 0) is 128 Å². The summed E-state index contributed by atoms with van der Waals surface area (Å²) in [4.78, 5) is 52.3. The average molecular weight is 769 g/mol. The molecule has 0 unspecified atom stereocenters. The highest BCUT2D eigenvalue weighted by Crippen LogP contribution is 2.56. The van der Waals surface area contributed by atoms with Crippen molar-refractivity contribution in [3.63, 3.8) is 0 Å². The van der Waals surface area contributed by atoms with Crippen molar-refractivity contribution in [3.8, 4) is 34.1 Å². The van der Waals surface area contributed by atoms with Gasteiger partial charge in [0.05, 0.1) is 27.7 Å². The van der Waals surface area contributed by atoms with Gasteiger partial charge in [-0.1, -0.05) is 84.9 Å². The molecule has 59 heavy (non-hydrogen) atoms. The Balaban J connectivity index is 0.982. The summed E-state index contributed by atoms with van der Waals surface area (Å²) in [5.74, 6) is 0.895. The molecule has 0 fully saturated rings. The predicted molar refractivity (Wildman–Crippen MR) is 225 cm³/mol. The predicted octanol–water partition coefficient (Wildman–Crippen LogP) is 10.4. The van der Waals surface area contributed by atoms with Crippen LogP contribution in [0.2, 0.25) is 0 Å². The first kappa shape index (κ1) is 34.4. The van der Waals surface area contributed by atoms with Crippen LogP contribution in [-0.4, -0.2) is 47.5 Å². The Morgan fingerprint density at radius 2 is 0.712 bits per heavy atom. The van der Waals surface area contributed by atoms with E-state index >= 15 is 0 Å². The molecule has 0 radical (unpaired) electrons. The van der Waals surface area contributed by atoms with Gasteiger partial charge in [0.15, 0.2) is 0 Å². The number of benzene rings is 8. The van der Waals surface area contributed by atoms with Crippen LogP contribution >= 0.6 is 0 Å². The molecule has 8 heteroatoms. The highest BCUT2D eigenvalue weighted by atomic mass is 16.5. The highest BCUT2D eigenvalue weighted by molar-refractivity contribution is 6.22. The second-order valence-electron chi connectivity index (χ2n) is 15.2. The fraction of sp³-hybridized carbons (Fsp3) is 0.0588. The monoisotopic (exact) mass is 768 g/mol. The third-order valence-corrected chi connectivity index (χ3v) is 12.0. The van der Waals surface area contributed by atoms with E-state index in [4.69, 9.17) is 9.47 Å². The smallest absolute Gasteiger partial charge is 0.261 e. The van der Waals surface area contributed by atoms with Gasteiger partial charge in [0.1, 0.15) is 23.0 Å². The lowest BCUT2D eigenvalue weighted by atomic mass is 9.67. The second-order valence-corrected chi connectivity index (χ2v) is 15.2. The summed E-state index contributed by atoms with van der Waals surface area (Å²) >= 11 is 0. The Morgan fingerprint density at radius 3 is 1.17 bits per heavy atom. The van der Waals surface area contributed by atoms with Gasteiger partial charge in [-0.3, -0.25) is 29.0 Å². The molecule has 4 amide bonds. The van der Waals surface area contributed by atoms with E-state index in [9.17, 15) is 19.2 Å². The molecule has 0 bridgehead atoms. The number of hydrogen-bond acceptors (Lipinski definition) is 6. The van der Waals surface area contributed by atoms with Crippen molar-refractivity contribution >= 4 is 45.2 Å². The molecule has 3 aliphatic rings. The first-order valence-electron chi connectivity index (χ1n) is 19.3. The van der Waals surface area contributed by atoms with Crippen molar-refractivity contribution in [2.45, 2.75) is 5.41 Å². The van der Waals surface area contributed by atoms with Crippen LogP contribution in [0.15, 0.2) is 158 Å². The average Bonchev–Trinajstić information content (AvgIpc) is 3.77. The maximum Gasteiger partial charge on any atom is 0.261 e. The molecule has 282 valence electrons. The van der Waals surface area contributed by atoms with E-state index in [-0.39, 0.29) is 23.6 Å². The molecule has 2 aliphatic heterocycles. The van der Waals surface area contributed by atoms with Gasteiger partial charge >= 0.3 is 0 Å². The number of rotatable bonds is 6. The highest BCUT2D eigenvalue weighted by Gasteiger charge is 2.46. The van der Waals surface area contributed by atoms with Crippen LogP contribution in [0.4, 0.5) is 0 Å². The van der Waals surface area contributed by atoms with Crippen LogP contribution in [0.25, 0.3) is 32.7 Å². The van der Waals surface area contributed by atoms with Crippen LogP contribution in [-0.2, 0) is 5.41 Å². The van der Waals surface area contributed by atoms with Crippen molar-refractivity contribution in [3.05, 3.63) is 202 Å². The van der Waals surface area contributed by atoms with Gasteiger partial charge < -0.3 is 9.47 Å². The summed E-state index contributed by atoms with van der Waals surface area (Å²) in [7, 11) is 2.96.